The summed E-state index contributed by atoms with van der Waals surface area (Å²) in [5.74, 6) is 0.0970. The van der Waals surface area contributed by atoms with Crippen molar-refractivity contribution in [1.29, 1.82) is 0 Å². The topological polar surface area (TPSA) is 61.9 Å². The van der Waals surface area contributed by atoms with Crippen LogP contribution >= 0.6 is 0 Å². The van der Waals surface area contributed by atoms with Gasteiger partial charge in [-0.05, 0) is 5.56 Å². The lowest BCUT2D eigenvalue weighted by Gasteiger charge is -2.15. The van der Waals surface area contributed by atoms with Gasteiger partial charge in [-0.3, -0.25) is 9.89 Å². The van der Waals surface area contributed by atoms with Crippen molar-refractivity contribution in [3.05, 3.63) is 48.0 Å². The van der Waals surface area contributed by atoms with E-state index in [1.165, 1.54) is 6.33 Å². The van der Waals surface area contributed by atoms with Crippen LogP contribution in [0.2, 0.25) is 0 Å². The highest BCUT2D eigenvalue weighted by Gasteiger charge is 2.14. The summed E-state index contributed by atoms with van der Waals surface area (Å²) in [5.41, 5.74) is 1.08. The molecule has 0 fully saturated rings. The number of nitrogens with zero attached hydrogens (tertiary/aromatic N) is 3. The number of carbonyl (C=O) groups is 1. The van der Waals surface area contributed by atoms with Crippen LogP contribution in [0.15, 0.2) is 36.7 Å². The minimum atomic E-state index is -0.165. The van der Waals surface area contributed by atoms with Crippen LogP contribution < -0.4 is 0 Å². The van der Waals surface area contributed by atoms with Gasteiger partial charge in [-0.25, -0.2) is 4.98 Å². The lowest BCUT2D eigenvalue weighted by molar-refractivity contribution is 0.0773. The number of amides is 1. The van der Waals surface area contributed by atoms with E-state index in [-0.39, 0.29) is 11.7 Å². The molecule has 0 aliphatic carbocycles. The number of benzene rings is 1. The summed E-state index contributed by atoms with van der Waals surface area (Å²) in [5, 5.41) is 6.20. The molecule has 1 aromatic carbocycles. The Morgan fingerprint density at radius 3 is 2.75 bits per heavy atom. The van der Waals surface area contributed by atoms with Gasteiger partial charge in [-0.2, -0.15) is 5.10 Å². The molecule has 0 bridgehead atoms. The maximum Gasteiger partial charge on any atom is 0.291 e. The number of rotatable bonds is 3. The van der Waals surface area contributed by atoms with Crippen LogP contribution in [-0.4, -0.2) is 33.0 Å². The molecule has 0 unspecified atom stereocenters. The lowest BCUT2D eigenvalue weighted by atomic mass is 10.2. The molecule has 1 aromatic heterocycles. The van der Waals surface area contributed by atoms with Crippen molar-refractivity contribution in [3.63, 3.8) is 0 Å². The van der Waals surface area contributed by atoms with Crippen LogP contribution in [0.5, 0.6) is 0 Å². The maximum atomic E-state index is 11.8. The average molecular weight is 216 g/mol. The van der Waals surface area contributed by atoms with Crippen molar-refractivity contribution >= 4 is 5.91 Å². The first-order valence-corrected chi connectivity index (χ1v) is 4.92. The molecule has 0 spiro atoms. The Bertz CT molecular complexity index is 452. The summed E-state index contributed by atoms with van der Waals surface area (Å²) in [7, 11) is 1.73. The smallest absolute Gasteiger partial charge is 0.291 e. The van der Waals surface area contributed by atoms with E-state index in [4.69, 9.17) is 0 Å². The fourth-order valence-electron chi connectivity index (χ4n) is 1.42. The summed E-state index contributed by atoms with van der Waals surface area (Å²) in [4.78, 5) is 17.2. The number of H-pyrrole nitrogens is 1. The highest BCUT2D eigenvalue weighted by molar-refractivity contribution is 5.90. The van der Waals surface area contributed by atoms with Gasteiger partial charge in [-0.15, -0.1) is 0 Å². The third-order valence-corrected chi connectivity index (χ3v) is 2.23. The van der Waals surface area contributed by atoms with Crippen LogP contribution in [-0.2, 0) is 6.54 Å². The van der Waals surface area contributed by atoms with Gasteiger partial charge in [0, 0.05) is 13.6 Å². The Morgan fingerprint density at radius 1 is 1.38 bits per heavy atom. The monoisotopic (exact) mass is 216 g/mol. The summed E-state index contributed by atoms with van der Waals surface area (Å²) in [6.07, 6.45) is 1.32. The Kier molecular flexibility index (Phi) is 2.95. The molecule has 0 aliphatic rings. The van der Waals surface area contributed by atoms with E-state index in [9.17, 15) is 4.79 Å². The summed E-state index contributed by atoms with van der Waals surface area (Å²) in [6.45, 7) is 0.556. The van der Waals surface area contributed by atoms with Crippen molar-refractivity contribution in [2.45, 2.75) is 6.54 Å². The zero-order valence-electron chi connectivity index (χ0n) is 8.92. The number of aromatic nitrogens is 3. The molecule has 0 saturated carbocycles. The summed E-state index contributed by atoms with van der Waals surface area (Å²) in [6, 6.07) is 9.79. The van der Waals surface area contributed by atoms with Crippen LogP contribution in [0.25, 0.3) is 0 Å². The molecule has 16 heavy (non-hydrogen) atoms. The van der Waals surface area contributed by atoms with E-state index in [0.717, 1.165) is 5.56 Å². The minimum Gasteiger partial charge on any atom is -0.335 e. The van der Waals surface area contributed by atoms with Crippen molar-refractivity contribution < 1.29 is 4.79 Å². The molecule has 2 aromatic rings. The van der Waals surface area contributed by atoms with Gasteiger partial charge >= 0.3 is 0 Å². The number of hydrogen-bond acceptors (Lipinski definition) is 3. The fraction of sp³-hybridized carbons (Fsp3) is 0.182. The Hall–Kier alpha value is -2.17. The highest BCUT2D eigenvalue weighted by atomic mass is 16.2. The second kappa shape index (κ2) is 4.57. The minimum absolute atomic E-state index is 0.165. The summed E-state index contributed by atoms with van der Waals surface area (Å²) >= 11 is 0. The van der Waals surface area contributed by atoms with Gasteiger partial charge < -0.3 is 4.90 Å². The van der Waals surface area contributed by atoms with Gasteiger partial charge in [0.15, 0.2) is 0 Å². The number of hydrogen-bond donors (Lipinski definition) is 1. The standard InChI is InChI=1S/C11H12N4O/c1-15(7-9-5-3-2-4-6-9)11(16)10-12-8-13-14-10/h2-6,8H,7H2,1H3,(H,12,13,14). The Balaban J connectivity index is 2.04. The largest absolute Gasteiger partial charge is 0.335 e. The normalized spacial score (nSPS) is 10.1. The van der Waals surface area contributed by atoms with E-state index < -0.39 is 0 Å². The third kappa shape index (κ3) is 2.25. The predicted molar refractivity (Wildman–Crippen MR) is 58.6 cm³/mol. The molecule has 0 radical (unpaired) electrons. The van der Waals surface area contributed by atoms with Gasteiger partial charge in [-0.1, -0.05) is 30.3 Å². The first-order chi connectivity index (χ1) is 7.77. The molecule has 0 aliphatic heterocycles. The first-order valence-electron chi connectivity index (χ1n) is 4.92. The number of aromatic amines is 1. The predicted octanol–water partition coefficient (Wildman–Crippen LogP) is 1.08. The fourth-order valence-corrected chi connectivity index (χ4v) is 1.42. The summed E-state index contributed by atoms with van der Waals surface area (Å²) < 4.78 is 0. The first kappa shape index (κ1) is 10.4. The van der Waals surface area contributed by atoms with Crippen molar-refractivity contribution in [2.24, 2.45) is 0 Å². The molecule has 0 saturated heterocycles. The van der Waals surface area contributed by atoms with Crippen molar-refractivity contribution in [3.8, 4) is 0 Å². The molecule has 82 valence electrons. The van der Waals surface area contributed by atoms with E-state index in [1.54, 1.807) is 11.9 Å². The van der Waals surface area contributed by atoms with Crippen LogP contribution in [0.4, 0.5) is 0 Å². The Morgan fingerprint density at radius 2 is 2.12 bits per heavy atom. The zero-order chi connectivity index (χ0) is 11.4. The quantitative estimate of drug-likeness (QED) is 0.835. The third-order valence-electron chi connectivity index (χ3n) is 2.23. The van der Waals surface area contributed by atoms with Crippen LogP contribution in [0, 0.1) is 0 Å². The maximum absolute atomic E-state index is 11.8. The molecule has 2 rings (SSSR count). The van der Waals surface area contributed by atoms with E-state index in [2.05, 4.69) is 15.2 Å². The lowest BCUT2D eigenvalue weighted by Crippen LogP contribution is -2.27. The highest BCUT2D eigenvalue weighted by Crippen LogP contribution is 2.04. The van der Waals surface area contributed by atoms with Crippen molar-refractivity contribution in [1.82, 2.24) is 20.1 Å². The molecule has 1 heterocycles. The second-order valence-corrected chi connectivity index (χ2v) is 3.48. The van der Waals surface area contributed by atoms with Gasteiger partial charge in [0.25, 0.3) is 5.91 Å². The number of carbonyl (C=O) groups excluding carboxylic acids is 1. The van der Waals surface area contributed by atoms with E-state index >= 15 is 0 Å². The molecule has 1 amide bonds. The van der Waals surface area contributed by atoms with Gasteiger partial charge in [0.05, 0.1) is 0 Å². The molecular formula is C11H12N4O. The SMILES string of the molecule is CN(Cc1ccccc1)C(=O)c1ncn[nH]1. The molecule has 0 atom stereocenters. The average Bonchev–Trinajstić information content (AvgIpc) is 2.83. The molecule has 5 nitrogen and oxygen atoms in total. The van der Waals surface area contributed by atoms with Gasteiger partial charge in [0.2, 0.25) is 5.82 Å². The molecular weight excluding hydrogens is 204 g/mol. The second-order valence-electron chi connectivity index (χ2n) is 3.48. The van der Waals surface area contributed by atoms with Crippen LogP contribution in [0.3, 0.4) is 0 Å². The molecule has 5 heteroatoms. The zero-order valence-corrected chi connectivity index (χ0v) is 8.92. The number of nitrogens with one attached hydrogen (secondary N) is 1. The van der Waals surface area contributed by atoms with E-state index in [1.807, 2.05) is 30.3 Å². The Labute approximate surface area is 93.1 Å². The van der Waals surface area contributed by atoms with E-state index in [0.29, 0.717) is 6.54 Å². The van der Waals surface area contributed by atoms with Crippen molar-refractivity contribution in [2.75, 3.05) is 7.05 Å². The van der Waals surface area contributed by atoms with Gasteiger partial charge in [0.1, 0.15) is 6.33 Å². The molecule has 1 N–H and O–H groups in total. The van der Waals surface area contributed by atoms with Crippen LogP contribution in [0.1, 0.15) is 16.2 Å².